The molecule has 1 amide bonds. The second-order valence-electron chi connectivity index (χ2n) is 6.32. The van der Waals surface area contributed by atoms with Gasteiger partial charge in [-0.25, -0.2) is 13.6 Å². The van der Waals surface area contributed by atoms with Crippen molar-refractivity contribution in [3.63, 3.8) is 0 Å². The first kappa shape index (κ1) is 17.4. The van der Waals surface area contributed by atoms with Gasteiger partial charge in [0.15, 0.2) is 11.6 Å². The molecule has 6 heteroatoms. The summed E-state index contributed by atoms with van der Waals surface area (Å²) < 4.78 is 26.9. The number of para-hydroxylation sites is 1. The average molecular weight is 346 g/mol. The zero-order valence-electron chi connectivity index (χ0n) is 14.0. The van der Waals surface area contributed by atoms with Crippen LogP contribution >= 0.6 is 0 Å². The van der Waals surface area contributed by atoms with E-state index in [9.17, 15) is 18.7 Å². The maximum atomic E-state index is 13.6. The number of amides is 1. The molecule has 1 atom stereocenters. The number of benzene rings is 2. The second kappa shape index (κ2) is 7.19. The molecule has 1 fully saturated rings. The van der Waals surface area contributed by atoms with E-state index in [1.807, 2.05) is 7.05 Å². The van der Waals surface area contributed by atoms with Gasteiger partial charge in [-0.2, -0.15) is 0 Å². The third-order valence-corrected chi connectivity index (χ3v) is 4.72. The van der Waals surface area contributed by atoms with Gasteiger partial charge in [0.1, 0.15) is 0 Å². The van der Waals surface area contributed by atoms with Crippen LogP contribution in [0.2, 0.25) is 0 Å². The molecule has 2 aromatic carbocycles. The molecule has 25 heavy (non-hydrogen) atoms. The van der Waals surface area contributed by atoms with Crippen LogP contribution in [0.1, 0.15) is 12.8 Å². The minimum absolute atomic E-state index is 0.147. The average Bonchev–Trinajstić information content (AvgIpc) is 3.00. The van der Waals surface area contributed by atoms with Gasteiger partial charge in [0.25, 0.3) is 0 Å². The quantitative estimate of drug-likeness (QED) is 0.902. The van der Waals surface area contributed by atoms with Crippen LogP contribution in [0.5, 0.6) is 0 Å². The third-order valence-electron chi connectivity index (χ3n) is 4.72. The number of hydrogen-bond acceptors (Lipinski definition) is 2. The number of anilines is 1. The van der Waals surface area contributed by atoms with Gasteiger partial charge in [0, 0.05) is 18.2 Å². The van der Waals surface area contributed by atoms with Gasteiger partial charge in [-0.1, -0.05) is 24.3 Å². The molecule has 1 unspecified atom stereocenters. The van der Waals surface area contributed by atoms with Crippen molar-refractivity contribution in [2.24, 2.45) is 0 Å². The number of halogens is 2. The van der Waals surface area contributed by atoms with Crippen LogP contribution in [0.3, 0.4) is 0 Å². The van der Waals surface area contributed by atoms with E-state index in [0.29, 0.717) is 23.4 Å². The van der Waals surface area contributed by atoms with Gasteiger partial charge in [-0.05, 0) is 50.2 Å². The Balaban J connectivity index is 1.99. The van der Waals surface area contributed by atoms with Crippen molar-refractivity contribution in [2.75, 3.05) is 25.0 Å². The molecule has 1 heterocycles. The fourth-order valence-corrected chi connectivity index (χ4v) is 3.32. The summed E-state index contributed by atoms with van der Waals surface area (Å²) in [6, 6.07) is 10.7. The predicted octanol–water partition coefficient (Wildman–Crippen LogP) is 4.21. The van der Waals surface area contributed by atoms with E-state index >= 15 is 0 Å². The minimum Gasteiger partial charge on any atom is -0.465 e. The van der Waals surface area contributed by atoms with Crippen LogP contribution in [0.15, 0.2) is 42.5 Å². The summed E-state index contributed by atoms with van der Waals surface area (Å²) in [5.41, 5.74) is 1.48. The van der Waals surface area contributed by atoms with Crippen LogP contribution in [-0.4, -0.2) is 42.3 Å². The third kappa shape index (κ3) is 3.64. The van der Waals surface area contributed by atoms with Gasteiger partial charge in [-0.15, -0.1) is 0 Å². The summed E-state index contributed by atoms with van der Waals surface area (Å²) in [6.45, 7) is 1.29. The highest BCUT2D eigenvalue weighted by atomic mass is 19.2. The number of carboxylic acid groups (broad SMARTS) is 1. The minimum atomic E-state index is -1.06. The van der Waals surface area contributed by atoms with Crippen molar-refractivity contribution in [2.45, 2.75) is 18.9 Å². The van der Waals surface area contributed by atoms with Crippen LogP contribution < -0.4 is 4.90 Å². The molecule has 2 aromatic rings. The lowest BCUT2D eigenvalue weighted by Gasteiger charge is -2.28. The van der Waals surface area contributed by atoms with E-state index in [2.05, 4.69) is 4.90 Å². The summed E-state index contributed by atoms with van der Waals surface area (Å²) >= 11 is 0. The summed E-state index contributed by atoms with van der Waals surface area (Å²) in [6.07, 6.45) is 0.919. The highest BCUT2D eigenvalue weighted by molar-refractivity contribution is 5.92. The van der Waals surface area contributed by atoms with Gasteiger partial charge in [0.05, 0.1) is 5.69 Å². The molecule has 0 bridgehead atoms. The highest BCUT2D eigenvalue weighted by Gasteiger charge is 2.27. The molecule has 0 spiro atoms. The van der Waals surface area contributed by atoms with E-state index in [4.69, 9.17) is 0 Å². The Hall–Kier alpha value is -2.47. The van der Waals surface area contributed by atoms with Crippen molar-refractivity contribution in [3.05, 3.63) is 54.1 Å². The summed E-state index contributed by atoms with van der Waals surface area (Å²) in [7, 11) is 1.99. The highest BCUT2D eigenvalue weighted by Crippen LogP contribution is 2.32. The molecule has 1 saturated heterocycles. The molecule has 0 radical (unpaired) electrons. The van der Waals surface area contributed by atoms with Crippen LogP contribution in [0, 0.1) is 11.6 Å². The van der Waals surface area contributed by atoms with E-state index in [1.165, 1.54) is 11.0 Å². The molecule has 3 rings (SSSR count). The SMILES string of the molecule is CN1CCCC1CN(C(=O)O)c1ccccc1-c1ccc(F)c(F)c1. The molecule has 1 N–H and O–H groups in total. The first-order valence-electron chi connectivity index (χ1n) is 8.22. The monoisotopic (exact) mass is 346 g/mol. The molecule has 4 nitrogen and oxygen atoms in total. The van der Waals surface area contributed by atoms with Gasteiger partial charge >= 0.3 is 6.09 Å². The predicted molar refractivity (Wildman–Crippen MR) is 92.8 cm³/mol. The van der Waals surface area contributed by atoms with Gasteiger partial charge in [0.2, 0.25) is 0 Å². The lowest BCUT2D eigenvalue weighted by atomic mass is 10.0. The lowest BCUT2D eigenvalue weighted by molar-refractivity contribution is 0.198. The number of carbonyl (C=O) groups is 1. The van der Waals surface area contributed by atoms with Crippen LogP contribution in [-0.2, 0) is 0 Å². The molecule has 1 aliphatic rings. The maximum Gasteiger partial charge on any atom is 0.411 e. The van der Waals surface area contributed by atoms with Crippen LogP contribution in [0.4, 0.5) is 19.3 Å². The second-order valence-corrected chi connectivity index (χ2v) is 6.32. The fourth-order valence-electron chi connectivity index (χ4n) is 3.32. The van der Waals surface area contributed by atoms with Crippen molar-refractivity contribution in [1.82, 2.24) is 4.90 Å². The number of likely N-dealkylation sites (N-methyl/N-ethyl adjacent to an activating group) is 1. The largest absolute Gasteiger partial charge is 0.465 e. The number of hydrogen-bond donors (Lipinski definition) is 1. The van der Waals surface area contributed by atoms with E-state index in [1.54, 1.807) is 24.3 Å². The Morgan fingerprint density at radius 3 is 2.64 bits per heavy atom. The van der Waals surface area contributed by atoms with Crippen LogP contribution in [0.25, 0.3) is 11.1 Å². The maximum absolute atomic E-state index is 13.6. The summed E-state index contributed by atoms with van der Waals surface area (Å²) in [5.74, 6) is -1.88. The topological polar surface area (TPSA) is 43.8 Å². The zero-order valence-corrected chi connectivity index (χ0v) is 14.0. The normalized spacial score (nSPS) is 17.6. The first-order chi connectivity index (χ1) is 12.0. The molecule has 0 aromatic heterocycles. The van der Waals surface area contributed by atoms with Crippen molar-refractivity contribution in [1.29, 1.82) is 0 Å². The molecule has 0 saturated carbocycles. The Morgan fingerprint density at radius 2 is 2.00 bits per heavy atom. The van der Waals surface area contributed by atoms with Crippen molar-refractivity contribution < 1.29 is 18.7 Å². The smallest absolute Gasteiger partial charge is 0.411 e. The molecule has 132 valence electrons. The molecular formula is C19H20F2N2O2. The standard InChI is InChI=1S/C19H20F2N2O2/c1-22-10-4-5-14(22)12-23(19(24)25)18-7-3-2-6-15(18)13-8-9-16(20)17(21)11-13/h2-3,6-9,11,14H,4-5,10,12H2,1H3,(H,24,25). The molecule has 0 aliphatic carbocycles. The Kier molecular flexibility index (Phi) is 4.99. The first-order valence-corrected chi connectivity index (χ1v) is 8.22. The summed E-state index contributed by atoms with van der Waals surface area (Å²) in [4.78, 5) is 15.3. The van der Waals surface area contributed by atoms with E-state index < -0.39 is 17.7 Å². The van der Waals surface area contributed by atoms with Gasteiger partial charge in [-0.3, -0.25) is 4.90 Å². The number of rotatable bonds is 4. The Labute approximate surface area is 145 Å². The summed E-state index contributed by atoms with van der Waals surface area (Å²) in [5, 5.41) is 9.72. The zero-order chi connectivity index (χ0) is 18.0. The van der Waals surface area contributed by atoms with E-state index in [-0.39, 0.29) is 6.04 Å². The number of nitrogens with zero attached hydrogens (tertiary/aromatic N) is 2. The fraction of sp³-hybridized carbons (Fsp3) is 0.316. The molecular weight excluding hydrogens is 326 g/mol. The van der Waals surface area contributed by atoms with Crippen molar-refractivity contribution >= 4 is 11.8 Å². The lowest BCUT2D eigenvalue weighted by Crippen LogP contribution is -2.41. The molecule has 1 aliphatic heterocycles. The number of likely N-dealkylation sites (tertiary alicyclic amines) is 1. The van der Waals surface area contributed by atoms with Crippen molar-refractivity contribution in [3.8, 4) is 11.1 Å². The Morgan fingerprint density at radius 1 is 1.24 bits per heavy atom. The van der Waals surface area contributed by atoms with E-state index in [0.717, 1.165) is 31.5 Å². The Bertz CT molecular complexity index is 782. The van der Waals surface area contributed by atoms with Gasteiger partial charge < -0.3 is 10.0 Å².